The van der Waals surface area contributed by atoms with Gasteiger partial charge in [-0.2, -0.15) is 0 Å². The molecule has 0 fully saturated rings. The molecule has 1 N–H and O–H groups in total. The summed E-state index contributed by atoms with van der Waals surface area (Å²) in [7, 11) is -3.84. The van der Waals surface area contributed by atoms with Gasteiger partial charge in [0.1, 0.15) is 16.9 Å². The minimum atomic E-state index is -3.84. The van der Waals surface area contributed by atoms with E-state index in [9.17, 15) is 13.2 Å². The van der Waals surface area contributed by atoms with Crippen LogP contribution in [0, 0.1) is 13.8 Å². The number of aryl methyl sites for hydroxylation is 2. The molecular formula is C28H31NO5S. The Morgan fingerprint density at radius 1 is 0.914 bits per heavy atom. The second kappa shape index (κ2) is 10.5. The van der Waals surface area contributed by atoms with Gasteiger partial charge in [-0.15, -0.1) is 0 Å². The minimum absolute atomic E-state index is 0.165. The first-order valence-corrected chi connectivity index (χ1v) is 13.5. The summed E-state index contributed by atoms with van der Waals surface area (Å²) in [5.41, 5.74) is 2.21. The molecule has 0 radical (unpaired) electrons. The molecule has 4 rings (SSSR count). The zero-order chi connectivity index (χ0) is 25.0. The number of carbonyl (C=O) groups excluding carboxylic acids is 1. The van der Waals surface area contributed by atoms with Gasteiger partial charge in [0, 0.05) is 16.2 Å². The van der Waals surface area contributed by atoms with Crippen LogP contribution in [0.3, 0.4) is 0 Å². The Morgan fingerprint density at radius 3 is 2.31 bits per heavy atom. The lowest BCUT2D eigenvalue weighted by Gasteiger charge is -2.12. The van der Waals surface area contributed by atoms with E-state index in [0.29, 0.717) is 45.4 Å². The number of anilines is 1. The third-order valence-electron chi connectivity index (χ3n) is 6.13. The number of nitrogens with one attached hydrogen (secondary N) is 1. The van der Waals surface area contributed by atoms with Crippen LogP contribution in [-0.4, -0.2) is 21.0 Å². The number of carbonyl (C=O) groups is 1. The number of hydrogen-bond donors (Lipinski definition) is 1. The van der Waals surface area contributed by atoms with Crippen molar-refractivity contribution in [3.63, 3.8) is 0 Å². The van der Waals surface area contributed by atoms with Gasteiger partial charge >= 0.3 is 5.97 Å². The molecule has 0 bridgehead atoms. The first-order chi connectivity index (χ1) is 16.8. The number of sulfonamides is 1. The summed E-state index contributed by atoms with van der Waals surface area (Å²) >= 11 is 0. The molecule has 7 heteroatoms. The number of esters is 1. The summed E-state index contributed by atoms with van der Waals surface area (Å²) in [6, 6.07) is 15.7. The molecule has 0 aliphatic heterocycles. The Morgan fingerprint density at radius 2 is 1.60 bits per heavy atom. The topological polar surface area (TPSA) is 85.6 Å². The number of furan rings is 1. The van der Waals surface area contributed by atoms with Crippen LogP contribution in [0.5, 0.6) is 0 Å². The Hall–Kier alpha value is -3.32. The predicted octanol–water partition coefficient (Wildman–Crippen LogP) is 7.13. The van der Waals surface area contributed by atoms with E-state index in [4.69, 9.17) is 9.15 Å². The van der Waals surface area contributed by atoms with Gasteiger partial charge in [-0.1, -0.05) is 74.6 Å². The fourth-order valence-corrected chi connectivity index (χ4v) is 5.31. The van der Waals surface area contributed by atoms with E-state index in [2.05, 4.69) is 11.6 Å². The molecule has 1 aromatic heterocycles. The van der Waals surface area contributed by atoms with Gasteiger partial charge in [0.2, 0.25) is 0 Å². The predicted molar refractivity (Wildman–Crippen MR) is 139 cm³/mol. The van der Waals surface area contributed by atoms with Crippen LogP contribution in [0.15, 0.2) is 63.9 Å². The second-order valence-electron chi connectivity index (χ2n) is 8.85. The molecule has 184 valence electrons. The van der Waals surface area contributed by atoms with Crippen molar-refractivity contribution in [2.75, 3.05) is 11.3 Å². The lowest BCUT2D eigenvalue weighted by atomic mass is 10.0. The fourth-order valence-electron chi connectivity index (χ4n) is 4.24. The zero-order valence-corrected chi connectivity index (χ0v) is 21.2. The third-order valence-corrected chi connectivity index (χ3v) is 7.51. The van der Waals surface area contributed by atoms with Crippen LogP contribution in [0.1, 0.15) is 60.7 Å². The third kappa shape index (κ3) is 5.35. The van der Waals surface area contributed by atoms with Crippen LogP contribution in [0.2, 0.25) is 0 Å². The average molecular weight is 494 g/mol. The van der Waals surface area contributed by atoms with Crippen molar-refractivity contribution in [1.29, 1.82) is 0 Å². The van der Waals surface area contributed by atoms with E-state index in [1.54, 1.807) is 37.3 Å². The summed E-state index contributed by atoms with van der Waals surface area (Å²) in [6.07, 6.45) is 5.28. The SMILES string of the molecule is CCCCCCCOC(=O)c1c(C)oc2c1cc(NS(=O)(=O)c1ccc(C)cc1)c1ccccc12. The van der Waals surface area contributed by atoms with Crippen LogP contribution in [0.4, 0.5) is 5.69 Å². The molecule has 6 nitrogen and oxygen atoms in total. The van der Waals surface area contributed by atoms with Gasteiger partial charge in [-0.25, -0.2) is 13.2 Å². The molecule has 0 saturated carbocycles. The van der Waals surface area contributed by atoms with Gasteiger partial charge in [-0.05, 0) is 38.5 Å². The number of benzene rings is 3. The van der Waals surface area contributed by atoms with Crippen molar-refractivity contribution in [2.45, 2.75) is 57.8 Å². The lowest BCUT2D eigenvalue weighted by molar-refractivity contribution is 0.0497. The molecule has 0 aliphatic rings. The van der Waals surface area contributed by atoms with E-state index in [1.807, 2.05) is 31.2 Å². The van der Waals surface area contributed by atoms with E-state index in [0.717, 1.165) is 31.2 Å². The molecule has 4 aromatic rings. The van der Waals surface area contributed by atoms with E-state index >= 15 is 0 Å². The standard InChI is InChI=1S/C28H31NO5S/c1-4-5-6-7-10-17-33-28(30)26-20(3)34-27-23-12-9-8-11-22(23)25(18-24(26)27)29-35(31,32)21-15-13-19(2)14-16-21/h8-9,11-16,18,29H,4-7,10,17H2,1-3H3. The highest BCUT2D eigenvalue weighted by Gasteiger charge is 2.24. The quantitative estimate of drug-likeness (QED) is 0.188. The molecule has 0 amide bonds. The highest BCUT2D eigenvalue weighted by molar-refractivity contribution is 7.92. The summed E-state index contributed by atoms with van der Waals surface area (Å²) < 4.78 is 40.5. The second-order valence-corrected chi connectivity index (χ2v) is 10.5. The molecule has 0 atom stereocenters. The minimum Gasteiger partial charge on any atom is -0.462 e. The fraction of sp³-hybridized carbons (Fsp3) is 0.321. The van der Waals surface area contributed by atoms with E-state index in [-0.39, 0.29) is 4.90 Å². The van der Waals surface area contributed by atoms with Crippen LogP contribution in [0.25, 0.3) is 21.7 Å². The number of rotatable bonds is 10. The van der Waals surface area contributed by atoms with E-state index in [1.165, 1.54) is 6.42 Å². The molecule has 0 saturated heterocycles. The Labute approximate surface area is 206 Å². The maximum atomic E-state index is 13.1. The molecule has 0 unspecified atom stereocenters. The van der Waals surface area contributed by atoms with Crippen LogP contribution in [-0.2, 0) is 14.8 Å². The van der Waals surface area contributed by atoms with Crippen molar-refractivity contribution in [1.82, 2.24) is 0 Å². The van der Waals surface area contributed by atoms with E-state index < -0.39 is 16.0 Å². The Kier molecular flexibility index (Phi) is 7.45. The zero-order valence-electron chi connectivity index (χ0n) is 20.4. The van der Waals surface area contributed by atoms with Crippen molar-refractivity contribution in [3.05, 3.63) is 71.5 Å². The maximum Gasteiger partial charge on any atom is 0.342 e. The largest absolute Gasteiger partial charge is 0.462 e. The highest BCUT2D eigenvalue weighted by atomic mass is 32.2. The molecular weight excluding hydrogens is 462 g/mol. The average Bonchev–Trinajstić information content (AvgIpc) is 3.17. The summed E-state index contributed by atoms with van der Waals surface area (Å²) in [5.74, 6) is -0.0148. The number of unbranched alkanes of at least 4 members (excludes halogenated alkanes) is 4. The summed E-state index contributed by atoms with van der Waals surface area (Å²) in [4.78, 5) is 13.2. The summed E-state index contributed by atoms with van der Waals surface area (Å²) in [6.45, 7) is 6.13. The van der Waals surface area contributed by atoms with Crippen LogP contribution < -0.4 is 4.72 Å². The Bertz CT molecular complexity index is 1450. The Balaban J connectivity index is 1.70. The first kappa shape index (κ1) is 24.8. The smallest absolute Gasteiger partial charge is 0.342 e. The molecule has 35 heavy (non-hydrogen) atoms. The lowest BCUT2D eigenvalue weighted by Crippen LogP contribution is -2.13. The first-order valence-electron chi connectivity index (χ1n) is 12.0. The normalized spacial score (nSPS) is 11.7. The summed E-state index contributed by atoms with van der Waals surface area (Å²) in [5, 5.41) is 1.92. The van der Waals surface area contributed by atoms with Crippen LogP contribution >= 0.6 is 0 Å². The number of fused-ring (bicyclic) bond motifs is 3. The number of ether oxygens (including phenoxy) is 1. The van der Waals surface area contributed by atoms with Crippen molar-refractivity contribution in [2.24, 2.45) is 0 Å². The molecule has 1 heterocycles. The highest BCUT2D eigenvalue weighted by Crippen LogP contribution is 2.37. The van der Waals surface area contributed by atoms with Gasteiger partial charge in [0.05, 0.1) is 17.2 Å². The molecule has 0 spiro atoms. The maximum absolute atomic E-state index is 13.1. The van der Waals surface area contributed by atoms with Gasteiger partial charge in [0.25, 0.3) is 10.0 Å². The van der Waals surface area contributed by atoms with Crippen molar-refractivity contribution in [3.8, 4) is 0 Å². The molecule has 0 aliphatic carbocycles. The van der Waals surface area contributed by atoms with Gasteiger partial charge < -0.3 is 9.15 Å². The monoisotopic (exact) mass is 493 g/mol. The van der Waals surface area contributed by atoms with Crippen molar-refractivity contribution >= 4 is 43.4 Å². The number of hydrogen-bond acceptors (Lipinski definition) is 5. The van der Waals surface area contributed by atoms with Crippen molar-refractivity contribution < 1.29 is 22.4 Å². The van der Waals surface area contributed by atoms with Gasteiger partial charge in [0.15, 0.2) is 0 Å². The van der Waals surface area contributed by atoms with Gasteiger partial charge in [-0.3, -0.25) is 4.72 Å². The molecule has 3 aromatic carbocycles.